The molecule has 2 aromatic heterocycles. The van der Waals surface area contributed by atoms with E-state index in [2.05, 4.69) is 15.4 Å². The van der Waals surface area contributed by atoms with E-state index in [4.69, 9.17) is 0 Å². The molecule has 2 amide bonds. The predicted molar refractivity (Wildman–Crippen MR) is 124 cm³/mol. The average molecular weight is 517 g/mol. The zero-order chi connectivity index (χ0) is 26.5. The third-order valence-electron chi connectivity index (χ3n) is 6.43. The Morgan fingerprint density at radius 1 is 1.11 bits per heavy atom. The van der Waals surface area contributed by atoms with E-state index in [-0.39, 0.29) is 22.8 Å². The first-order valence-electron chi connectivity index (χ1n) is 11.2. The van der Waals surface area contributed by atoms with Gasteiger partial charge in [-0.25, -0.2) is 13.7 Å². The quantitative estimate of drug-likeness (QED) is 0.347. The number of carbonyl (C=O) groups excluding carboxylic acids is 1. The van der Waals surface area contributed by atoms with Crippen LogP contribution in [0.1, 0.15) is 40.4 Å². The number of hydrogen-bond donors (Lipinski definition) is 3. The number of rotatable bonds is 3. The minimum Gasteiger partial charge on any atom is -0.465 e. The van der Waals surface area contributed by atoms with Gasteiger partial charge in [-0.1, -0.05) is 6.07 Å². The fourth-order valence-corrected chi connectivity index (χ4v) is 4.63. The molecule has 1 saturated heterocycles. The lowest BCUT2D eigenvalue weighted by Gasteiger charge is -2.30. The van der Waals surface area contributed by atoms with E-state index in [0.717, 1.165) is 6.07 Å². The normalized spacial score (nSPS) is 14.9. The molecular formula is C24H19F4N5O4. The molecule has 1 aliphatic heterocycles. The molecule has 0 aliphatic carbocycles. The van der Waals surface area contributed by atoms with Crippen molar-refractivity contribution in [2.24, 2.45) is 0 Å². The number of aromatic nitrogens is 3. The topological polar surface area (TPSA) is 120 Å². The molecular weight excluding hydrogens is 498 g/mol. The lowest BCUT2D eigenvalue weighted by molar-refractivity contribution is -0.140. The zero-order valence-electron chi connectivity index (χ0n) is 19.0. The van der Waals surface area contributed by atoms with Gasteiger partial charge in [0.05, 0.1) is 27.8 Å². The van der Waals surface area contributed by atoms with Crippen molar-refractivity contribution in [3.05, 3.63) is 75.5 Å². The number of likely N-dealkylation sites (tertiary alicyclic amines) is 1. The van der Waals surface area contributed by atoms with Crippen LogP contribution in [-0.4, -0.2) is 49.7 Å². The number of benzene rings is 2. The molecule has 0 bridgehead atoms. The van der Waals surface area contributed by atoms with E-state index in [1.54, 1.807) is 16.6 Å². The van der Waals surface area contributed by atoms with Gasteiger partial charge in [-0.15, -0.1) is 0 Å². The molecule has 0 spiro atoms. The summed E-state index contributed by atoms with van der Waals surface area (Å²) < 4.78 is 54.1. The molecule has 3 N–H and O–H groups in total. The van der Waals surface area contributed by atoms with Crippen LogP contribution in [0.25, 0.3) is 16.6 Å². The number of fused-ring (bicyclic) bond motifs is 3. The molecule has 0 unspecified atom stereocenters. The predicted octanol–water partition coefficient (Wildman–Crippen LogP) is 4.44. The third-order valence-corrected chi connectivity index (χ3v) is 6.43. The van der Waals surface area contributed by atoms with Crippen LogP contribution >= 0.6 is 0 Å². The van der Waals surface area contributed by atoms with Gasteiger partial charge in [0.1, 0.15) is 11.5 Å². The van der Waals surface area contributed by atoms with E-state index in [0.29, 0.717) is 54.7 Å². The van der Waals surface area contributed by atoms with Crippen molar-refractivity contribution < 1.29 is 32.3 Å². The SMILES string of the molecule is O=C(Nc1cccc2nn3c(C4CCN(C(=O)O)CC4)cc(=O)[nH]c3c12)c1ccc(C(F)(F)F)c(F)c1. The van der Waals surface area contributed by atoms with Gasteiger partial charge in [-0.3, -0.25) is 9.59 Å². The highest BCUT2D eigenvalue weighted by molar-refractivity contribution is 6.11. The maximum Gasteiger partial charge on any atom is 0.419 e. The van der Waals surface area contributed by atoms with Crippen LogP contribution in [0.5, 0.6) is 0 Å². The Hall–Kier alpha value is -4.42. The molecule has 0 radical (unpaired) electrons. The number of nitrogens with zero attached hydrogens (tertiary/aromatic N) is 3. The minimum atomic E-state index is -4.89. The lowest BCUT2D eigenvalue weighted by Crippen LogP contribution is -2.37. The lowest BCUT2D eigenvalue weighted by atomic mass is 9.93. The van der Waals surface area contributed by atoms with Gasteiger partial charge in [0, 0.05) is 30.6 Å². The maximum absolute atomic E-state index is 14.0. The summed E-state index contributed by atoms with van der Waals surface area (Å²) in [6.45, 7) is 0.611. The number of carboxylic acid groups (broad SMARTS) is 1. The second-order valence-electron chi connectivity index (χ2n) is 8.71. The summed E-state index contributed by atoms with van der Waals surface area (Å²) in [7, 11) is 0. The molecule has 9 nitrogen and oxygen atoms in total. The van der Waals surface area contributed by atoms with Gasteiger partial charge < -0.3 is 20.3 Å². The Kier molecular flexibility index (Phi) is 5.85. The van der Waals surface area contributed by atoms with Crippen molar-refractivity contribution >= 4 is 34.2 Å². The molecule has 0 atom stereocenters. The zero-order valence-corrected chi connectivity index (χ0v) is 19.0. The molecule has 2 aromatic carbocycles. The Bertz CT molecular complexity index is 1600. The number of carbonyl (C=O) groups is 2. The van der Waals surface area contributed by atoms with Crippen molar-refractivity contribution in [1.82, 2.24) is 19.5 Å². The van der Waals surface area contributed by atoms with Crippen molar-refractivity contribution in [1.29, 1.82) is 0 Å². The number of hydrogen-bond acceptors (Lipinski definition) is 4. The summed E-state index contributed by atoms with van der Waals surface area (Å²) in [5.41, 5.74) is -0.717. The van der Waals surface area contributed by atoms with E-state index >= 15 is 0 Å². The number of amides is 2. The number of piperidine rings is 1. The fourth-order valence-electron chi connectivity index (χ4n) is 4.63. The van der Waals surface area contributed by atoms with E-state index in [1.807, 2.05) is 0 Å². The molecule has 1 aliphatic rings. The molecule has 192 valence electrons. The van der Waals surface area contributed by atoms with Crippen LogP contribution in [0.2, 0.25) is 0 Å². The summed E-state index contributed by atoms with van der Waals surface area (Å²) in [5.74, 6) is -2.56. The first-order valence-corrected chi connectivity index (χ1v) is 11.2. The monoisotopic (exact) mass is 517 g/mol. The summed E-state index contributed by atoms with van der Waals surface area (Å²) in [4.78, 5) is 40.6. The Morgan fingerprint density at radius 3 is 2.49 bits per heavy atom. The highest BCUT2D eigenvalue weighted by atomic mass is 19.4. The van der Waals surface area contributed by atoms with Crippen LogP contribution in [0.15, 0.2) is 47.3 Å². The first kappa shape index (κ1) is 24.3. The van der Waals surface area contributed by atoms with E-state index in [9.17, 15) is 37.1 Å². The van der Waals surface area contributed by atoms with Gasteiger partial charge in [0.25, 0.3) is 11.5 Å². The van der Waals surface area contributed by atoms with Crippen LogP contribution in [-0.2, 0) is 6.18 Å². The van der Waals surface area contributed by atoms with Gasteiger partial charge >= 0.3 is 12.3 Å². The number of alkyl halides is 3. The summed E-state index contributed by atoms with van der Waals surface area (Å²) in [6.07, 6.45) is -4.92. The fraction of sp³-hybridized carbons (Fsp3) is 0.250. The van der Waals surface area contributed by atoms with Crippen molar-refractivity contribution in [3.63, 3.8) is 0 Å². The number of nitrogens with one attached hydrogen (secondary N) is 2. The number of aromatic amines is 1. The Labute approximate surface area is 205 Å². The van der Waals surface area contributed by atoms with E-state index in [1.165, 1.54) is 17.0 Å². The van der Waals surface area contributed by atoms with Crippen LogP contribution in [0.4, 0.5) is 28.0 Å². The number of H-pyrrole nitrogens is 1. The second kappa shape index (κ2) is 8.91. The van der Waals surface area contributed by atoms with Gasteiger partial charge in [-0.05, 0) is 43.2 Å². The van der Waals surface area contributed by atoms with Gasteiger partial charge in [0.15, 0.2) is 0 Å². The summed E-state index contributed by atoms with van der Waals surface area (Å²) >= 11 is 0. The summed E-state index contributed by atoms with van der Waals surface area (Å²) in [6, 6.07) is 8.08. The van der Waals surface area contributed by atoms with Gasteiger partial charge in [0.2, 0.25) is 0 Å². The molecule has 4 aromatic rings. The highest BCUT2D eigenvalue weighted by Crippen LogP contribution is 2.33. The molecule has 37 heavy (non-hydrogen) atoms. The van der Waals surface area contributed by atoms with Crippen LogP contribution in [0, 0.1) is 5.82 Å². The molecule has 3 heterocycles. The highest BCUT2D eigenvalue weighted by Gasteiger charge is 2.34. The van der Waals surface area contributed by atoms with Crippen LogP contribution < -0.4 is 10.9 Å². The third kappa shape index (κ3) is 4.47. The smallest absolute Gasteiger partial charge is 0.419 e. The standard InChI is InChI=1S/C24H19F4N5O4/c25-15-10-13(4-5-14(15)24(26,27)28)22(35)29-16-2-1-3-17-20(16)21-30-19(34)11-18(33(21)31-17)12-6-8-32(9-7-12)23(36)37/h1-5,10-12H,6-9H2,(H,29,35)(H,30,34)(H,36,37). The van der Waals surface area contributed by atoms with E-state index < -0.39 is 35.1 Å². The van der Waals surface area contributed by atoms with Crippen molar-refractivity contribution in [2.75, 3.05) is 18.4 Å². The summed E-state index contributed by atoms with van der Waals surface area (Å²) in [5, 5.41) is 16.7. The maximum atomic E-state index is 14.0. The number of anilines is 1. The largest absolute Gasteiger partial charge is 0.465 e. The number of halogens is 4. The van der Waals surface area contributed by atoms with Crippen LogP contribution in [0.3, 0.4) is 0 Å². The second-order valence-corrected chi connectivity index (χ2v) is 8.71. The molecule has 1 fully saturated rings. The Morgan fingerprint density at radius 2 is 1.84 bits per heavy atom. The first-order chi connectivity index (χ1) is 17.5. The Balaban J connectivity index is 1.52. The molecule has 13 heteroatoms. The molecule has 5 rings (SSSR count). The van der Waals surface area contributed by atoms with Crippen molar-refractivity contribution in [3.8, 4) is 0 Å². The molecule has 0 saturated carbocycles. The van der Waals surface area contributed by atoms with Crippen molar-refractivity contribution in [2.45, 2.75) is 24.9 Å². The van der Waals surface area contributed by atoms with Gasteiger partial charge in [-0.2, -0.15) is 18.3 Å². The average Bonchev–Trinajstić information content (AvgIpc) is 3.22. The minimum absolute atomic E-state index is 0.136.